The van der Waals surface area contributed by atoms with E-state index in [1.54, 1.807) is 49.5 Å². The predicted octanol–water partition coefficient (Wildman–Crippen LogP) is 3.51. The number of hydrogen-bond acceptors (Lipinski definition) is 6. The lowest BCUT2D eigenvalue weighted by atomic mass is 9.83. The van der Waals surface area contributed by atoms with E-state index in [2.05, 4.69) is 10.9 Å². The second-order valence-electron chi connectivity index (χ2n) is 8.82. The second kappa shape index (κ2) is 9.56. The zero-order chi connectivity index (χ0) is 24.5. The van der Waals surface area contributed by atoms with E-state index in [-0.39, 0.29) is 29.4 Å². The first-order valence-electron chi connectivity index (χ1n) is 11.6. The zero-order valence-corrected chi connectivity index (χ0v) is 19.6. The molecule has 7 nitrogen and oxygen atoms in total. The van der Waals surface area contributed by atoms with E-state index in [9.17, 15) is 9.90 Å². The number of nitrogens with zero attached hydrogens (tertiary/aromatic N) is 1. The van der Waals surface area contributed by atoms with Gasteiger partial charge in [0, 0.05) is 23.6 Å². The molecule has 0 radical (unpaired) electrons. The average molecular weight is 478 g/mol. The maximum Gasteiger partial charge on any atom is 0.242 e. The van der Waals surface area contributed by atoms with Crippen LogP contribution in [-0.4, -0.2) is 42.7 Å². The minimum Gasteiger partial charge on any atom is -0.508 e. The molecule has 4 atom stereocenters. The molecule has 8 heteroatoms. The molecule has 0 bridgehead atoms. The molecule has 2 aliphatic rings. The largest absolute Gasteiger partial charge is 0.508 e. The Hall–Kier alpha value is -3.62. The van der Waals surface area contributed by atoms with Gasteiger partial charge in [-0.25, -0.2) is 15.2 Å². The second-order valence-corrected chi connectivity index (χ2v) is 8.82. The molecule has 2 heterocycles. The van der Waals surface area contributed by atoms with Crippen molar-refractivity contribution in [1.29, 1.82) is 0 Å². The molecule has 2 saturated heterocycles. The van der Waals surface area contributed by atoms with Gasteiger partial charge in [-0.2, -0.15) is 0 Å². The van der Waals surface area contributed by atoms with Gasteiger partial charge in [-0.15, -0.1) is 0 Å². The van der Waals surface area contributed by atoms with Crippen molar-refractivity contribution in [2.24, 2.45) is 5.92 Å². The van der Waals surface area contributed by atoms with Gasteiger partial charge in [0.05, 0.1) is 26.3 Å². The van der Waals surface area contributed by atoms with Crippen molar-refractivity contribution >= 4 is 5.91 Å². The summed E-state index contributed by atoms with van der Waals surface area (Å²) in [4.78, 5) is 15.3. The van der Waals surface area contributed by atoms with Gasteiger partial charge >= 0.3 is 0 Å². The number of amides is 1. The van der Waals surface area contributed by atoms with Crippen molar-refractivity contribution in [3.63, 3.8) is 0 Å². The number of hydrogen-bond donors (Lipinski definition) is 3. The van der Waals surface area contributed by atoms with Crippen molar-refractivity contribution in [2.75, 3.05) is 20.8 Å². The summed E-state index contributed by atoms with van der Waals surface area (Å²) in [5.74, 6) is 0.604. The number of rotatable bonds is 7. The van der Waals surface area contributed by atoms with Crippen LogP contribution in [0.3, 0.4) is 0 Å². The Labute approximate surface area is 203 Å². The number of likely N-dealkylation sites (tertiary alicyclic amines) is 1. The number of methoxy groups -OCH3 is 2. The molecule has 2 fully saturated rings. The van der Waals surface area contributed by atoms with Gasteiger partial charge < -0.3 is 19.5 Å². The highest BCUT2D eigenvalue weighted by Gasteiger charge is 2.56. The highest BCUT2D eigenvalue weighted by molar-refractivity contribution is 5.86. The van der Waals surface area contributed by atoms with E-state index in [0.29, 0.717) is 35.6 Å². The van der Waals surface area contributed by atoms with Gasteiger partial charge in [-0.1, -0.05) is 42.5 Å². The molecular formula is C27H28FN3O4. The van der Waals surface area contributed by atoms with Crippen LogP contribution >= 0.6 is 0 Å². The van der Waals surface area contributed by atoms with Crippen molar-refractivity contribution in [2.45, 2.75) is 24.5 Å². The summed E-state index contributed by atoms with van der Waals surface area (Å²) in [6.45, 7) is 0.398. The van der Waals surface area contributed by atoms with Crippen LogP contribution in [0.25, 0.3) is 0 Å². The number of nitrogens with one attached hydrogen (secondary N) is 2. The maximum absolute atomic E-state index is 15.1. The number of para-hydroxylation sites is 1. The number of phenolic OH excluding ortho intramolecular Hbond substituents is 1. The quantitative estimate of drug-likeness (QED) is 0.483. The maximum atomic E-state index is 15.1. The minimum atomic E-state index is -0.547. The molecule has 0 aliphatic carbocycles. The van der Waals surface area contributed by atoms with Crippen LogP contribution in [0.15, 0.2) is 66.7 Å². The van der Waals surface area contributed by atoms with Crippen molar-refractivity contribution in [3.8, 4) is 17.2 Å². The fraction of sp³-hybridized carbons (Fsp3) is 0.296. The minimum absolute atomic E-state index is 0.103. The number of carbonyl (C=O) groups excluding carboxylic acids is 1. The third-order valence-electron chi connectivity index (χ3n) is 7.00. The van der Waals surface area contributed by atoms with E-state index in [4.69, 9.17) is 9.47 Å². The Morgan fingerprint density at radius 3 is 2.31 bits per heavy atom. The standard InChI is InChI=1S/C27H28FN3O4/c1-34-21-12-11-16(15-22(21)35-2)13-14-31-26(17-7-3-5-9-19(17)28)23-24(29-30-25(23)27(31)33)18-8-4-6-10-20(18)32/h3-12,15,23-26,29-30,32H,13-14H2,1-2H3. The third-order valence-corrected chi connectivity index (χ3v) is 7.00. The van der Waals surface area contributed by atoms with Gasteiger partial charge in [0.15, 0.2) is 11.5 Å². The van der Waals surface area contributed by atoms with Crippen molar-refractivity contribution in [1.82, 2.24) is 15.8 Å². The predicted molar refractivity (Wildman–Crippen MR) is 129 cm³/mol. The summed E-state index contributed by atoms with van der Waals surface area (Å²) in [7, 11) is 3.17. The summed E-state index contributed by atoms with van der Waals surface area (Å²) in [6, 6.07) is 17.9. The summed E-state index contributed by atoms with van der Waals surface area (Å²) < 4.78 is 25.8. The van der Waals surface area contributed by atoms with Crippen LogP contribution in [0.5, 0.6) is 17.2 Å². The molecule has 2 aliphatic heterocycles. The van der Waals surface area contributed by atoms with E-state index < -0.39 is 12.1 Å². The molecule has 3 aromatic rings. The summed E-state index contributed by atoms with van der Waals surface area (Å²) >= 11 is 0. The lowest BCUT2D eigenvalue weighted by Crippen LogP contribution is -2.42. The Morgan fingerprint density at radius 2 is 1.60 bits per heavy atom. The Morgan fingerprint density at radius 1 is 0.914 bits per heavy atom. The van der Waals surface area contributed by atoms with Crippen LogP contribution in [0.4, 0.5) is 4.39 Å². The molecule has 0 aromatic heterocycles. The number of benzene rings is 3. The highest BCUT2D eigenvalue weighted by atomic mass is 19.1. The van der Waals surface area contributed by atoms with Gasteiger partial charge in [0.1, 0.15) is 17.6 Å². The fourth-order valence-corrected chi connectivity index (χ4v) is 5.34. The fourth-order valence-electron chi connectivity index (χ4n) is 5.34. The van der Waals surface area contributed by atoms with Crippen LogP contribution in [-0.2, 0) is 11.2 Å². The van der Waals surface area contributed by atoms with Gasteiger partial charge in [0.25, 0.3) is 0 Å². The Kier molecular flexibility index (Phi) is 6.32. The number of carbonyl (C=O) groups is 1. The SMILES string of the molecule is COc1ccc(CCN2C(=O)C3NNC(c4ccccc4O)C3C2c2ccccc2F)cc1OC. The number of aromatic hydroxyl groups is 1. The smallest absolute Gasteiger partial charge is 0.242 e. The first-order chi connectivity index (χ1) is 17.0. The number of hydrazine groups is 1. The molecule has 4 unspecified atom stereocenters. The molecule has 35 heavy (non-hydrogen) atoms. The normalized spacial score (nSPS) is 23.4. The molecule has 0 saturated carbocycles. The Bertz CT molecular complexity index is 1240. The molecule has 182 valence electrons. The molecule has 3 aromatic carbocycles. The first-order valence-corrected chi connectivity index (χ1v) is 11.6. The summed E-state index contributed by atoms with van der Waals surface area (Å²) in [5.41, 5.74) is 8.40. The zero-order valence-electron chi connectivity index (χ0n) is 19.6. The highest BCUT2D eigenvalue weighted by Crippen LogP contribution is 2.49. The number of phenols is 1. The van der Waals surface area contributed by atoms with Gasteiger partial charge in [0.2, 0.25) is 5.91 Å². The van der Waals surface area contributed by atoms with E-state index in [1.165, 1.54) is 6.07 Å². The van der Waals surface area contributed by atoms with Crippen molar-refractivity contribution < 1.29 is 23.8 Å². The van der Waals surface area contributed by atoms with Crippen LogP contribution in [0.2, 0.25) is 0 Å². The van der Waals surface area contributed by atoms with Crippen LogP contribution < -0.4 is 20.3 Å². The van der Waals surface area contributed by atoms with E-state index in [1.807, 2.05) is 30.3 Å². The Balaban J connectivity index is 1.49. The summed E-state index contributed by atoms with van der Waals surface area (Å²) in [5, 5.41) is 10.5. The molecule has 0 spiro atoms. The lowest BCUT2D eigenvalue weighted by molar-refractivity contribution is -0.130. The van der Waals surface area contributed by atoms with Gasteiger partial charge in [-0.05, 0) is 36.2 Å². The monoisotopic (exact) mass is 477 g/mol. The molecular weight excluding hydrogens is 449 g/mol. The molecule has 5 rings (SSSR count). The third kappa shape index (κ3) is 4.09. The lowest BCUT2D eigenvalue weighted by Gasteiger charge is -2.31. The molecule has 1 amide bonds. The number of ether oxygens (including phenoxy) is 2. The van der Waals surface area contributed by atoms with E-state index in [0.717, 1.165) is 5.56 Å². The molecule has 3 N–H and O–H groups in total. The first kappa shape index (κ1) is 23.1. The van der Waals surface area contributed by atoms with Crippen LogP contribution in [0.1, 0.15) is 28.8 Å². The van der Waals surface area contributed by atoms with Crippen LogP contribution in [0, 0.1) is 11.7 Å². The van der Waals surface area contributed by atoms with Gasteiger partial charge in [-0.3, -0.25) is 4.79 Å². The van der Waals surface area contributed by atoms with E-state index >= 15 is 4.39 Å². The van der Waals surface area contributed by atoms with Crippen molar-refractivity contribution in [3.05, 3.63) is 89.2 Å². The number of fused-ring (bicyclic) bond motifs is 1. The number of halogens is 1. The average Bonchev–Trinajstić information content (AvgIpc) is 3.42. The summed E-state index contributed by atoms with van der Waals surface area (Å²) in [6.07, 6.45) is 0.561. The topological polar surface area (TPSA) is 83.1 Å².